The Morgan fingerprint density at radius 2 is 1.60 bits per heavy atom. The van der Waals surface area contributed by atoms with Crippen molar-refractivity contribution in [3.05, 3.63) is 0 Å². The number of rotatable bonds is 7. The first-order valence-corrected chi connectivity index (χ1v) is 7.08. The monoisotopic (exact) mass is 238 g/mol. The van der Waals surface area contributed by atoms with Gasteiger partial charge < -0.3 is 9.04 Å². The van der Waals surface area contributed by atoms with Crippen molar-refractivity contribution in [2.24, 2.45) is 0 Å². The van der Waals surface area contributed by atoms with Crippen LogP contribution in [-0.4, -0.2) is 48.9 Å². The van der Waals surface area contributed by atoms with Crippen LogP contribution in [0, 0.1) is 0 Å². The summed E-state index contributed by atoms with van der Waals surface area (Å²) in [4.78, 5) is 0. The second-order valence-electron chi connectivity index (χ2n) is 4.11. The number of hydrogen-bond donors (Lipinski definition) is 0. The molecule has 0 aliphatic carbocycles. The summed E-state index contributed by atoms with van der Waals surface area (Å²) in [6.45, 7) is 11.5. The van der Waals surface area contributed by atoms with E-state index in [0.29, 0.717) is 6.42 Å². The van der Waals surface area contributed by atoms with Crippen molar-refractivity contribution in [3.63, 3.8) is 0 Å². The molecule has 0 aromatic heterocycles. The van der Waals surface area contributed by atoms with Gasteiger partial charge in [-0.2, -0.15) is 0 Å². The molecule has 0 aromatic carbocycles. The van der Waals surface area contributed by atoms with Crippen LogP contribution < -0.4 is 0 Å². The van der Waals surface area contributed by atoms with Crippen LogP contribution in [0.4, 0.5) is 0 Å². The molecule has 0 saturated carbocycles. The molecule has 0 fully saturated rings. The van der Waals surface area contributed by atoms with Crippen molar-refractivity contribution in [2.45, 2.75) is 39.4 Å². The zero-order valence-electron chi connectivity index (χ0n) is 11.2. The van der Waals surface area contributed by atoms with E-state index in [2.05, 4.69) is 20.8 Å². The Morgan fingerprint density at radius 1 is 1.20 bits per heavy atom. The zero-order valence-corrected chi connectivity index (χ0v) is 11.0. The van der Waals surface area contributed by atoms with Gasteiger partial charge >= 0.3 is 1.43 Å². The molecular weight excluding hydrogens is 214 g/mol. The molecule has 92 valence electrons. The van der Waals surface area contributed by atoms with E-state index in [9.17, 15) is 13.0 Å². The van der Waals surface area contributed by atoms with Gasteiger partial charge in [-0.15, -0.1) is 0 Å². The Bertz CT molecular complexity index is 268. The van der Waals surface area contributed by atoms with E-state index in [4.69, 9.17) is 0 Å². The molecule has 15 heavy (non-hydrogen) atoms. The minimum Gasteiger partial charge on any atom is -0.748 e. The first-order valence-electron chi connectivity index (χ1n) is 5.61. The first-order chi connectivity index (χ1) is 6.81. The lowest BCUT2D eigenvalue weighted by atomic mass is 10.2. The molecule has 1 unspecified atom stereocenters. The molecule has 0 spiro atoms. The van der Waals surface area contributed by atoms with Crippen LogP contribution in [0.25, 0.3) is 0 Å². The quantitative estimate of drug-likeness (QED) is 0.496. The fourth-order valence-electron chi connectivity index (χ4n) is 1.75. The summed E-state index contributed by atoms with van der Waals surface area (Å²) >= 11 is 0. The maximum absolute atomic E-state index is 10.8. The van der Waals surface area contributed by atoms with Gasteiger partial charge in [-0.25, -0.2) is 8.42 Å². The molecule has 0 rings (SSSR count). The van der Waals surface area contributed by atoms with E-state index in [1.54, 1.807) is 0 Å². The van der Waals surface area contributed by atoms with E-state index in [1.807, 2.05) is 0 Å². The minimum absolute atomic E-state index is 0. The molecule has 1 atom stereocenters. The zero-order chi connectivity index (χ0) is 12.1. The third kappa shape index (κ3) is 4.49. The van der Waals surface area contributed by atoms with Gasteiger partial charge in [0.2, 0.25) is 0 Å². The van der Waals surface area contributed by atoms with Gasteiger partial charge in [0.25, 0.3) is 0 Å². The van der Waals surface area contributed by atoms with Gasteiger partial charge in [0.1, 0.15) is 0 Å². The SMILES string of the molecule is CC[N+](CC)(CC)CCC(C)S(=O)(=O)[O-].[H+]. The third-order valence-corrected chi connectivity index (χ3v) is 4.74. The fraction of sp³-hybridized carbons (Fsp3) is 1.00. The molecule has 4 nitrogen and oxygen atoms in total. The maximum Gasteiger partial charge on any atom is 1.00 e. The third-order valence-electron chi connectivity index (χ3n) is 3.52. The van der Waals surface area contributed by atoms with E-state index in [-0.39, 0.29) is 1.43 Å². The lowest BCUT2D eigenvalue weighted by molar-refractivity contribution is -0.923. The highest BCUT2D eigenvalue weighted by Crippen LogP contribution is 2.11. The minimum atomic E-state index is -4.11. The number of quaternary nitrogens is 1. The average molecular weight is 238 g/mol. The average Bonchev–Trinajstić information content (AvgIpc) is 2.19. The van der Waals surface area contributed by atoms with Gasteiger partial charge in [-0.05, 0) is 27.7 Å². The van der Waals surface area contributed by atoms with Gasteiger partial charge in [0.05, 0.1) is 41.5 Å². The Labute approximate surface area is 95.1 Å². The summed E-state index contributed by atoms with van der Waals surface area (Å²) in [5, 5.41) is -0.764. The van der Waals surface area contributed by atoms with Gasteiger partial charge in [-0.1, -0.05) is 0 Å². The summed E-state index contributed by atoms with van der Waals surface area (Å²) in [6.07, 6.45) is 0.460. The molecule has 0 heterocycles. The Hall–Kier alpha value is -0.130. The van der Waals surface area contributed by atoms with E-state index >= 15 is 0 Å². The van der Waals surface area contributed by atoms with Gasteiger partial charge in [-0.3, -0.25) is 0 Å². The Morgan fingerprint density at radius 3 is 1.87 bits per heavy atom. The van der Waals surface area contributed by atoms with Crippen LogP contribution in [0.3, 0.4) is 0 Å². The normalized spacial score (nSPS) is 15.3. The van der Waals surface area contributed by atoms with Crippen LogP contribution in [0.2, 0.25) is 0 Å². The summed E-state index contributed by atoms with van der Waals surface area (Å²) in [5.41, 5.74) is 0. The maximum atomic E-state index is 10.8. The van der Waals surface area contributed by atoms with Gasteiger partial charge in [0, 0.05) is 6.42 Å². The highest BCUT2D eigenvalue weighted by Gasteiger charge is 2.22. The topological polar surface area (TPSA) is 57.2 Å². The van der Waals surface area contributed by atoms with Crippen LogP contribution in [0.15, 0.2) is 0 Å². The highest BCUT2D eigenvalue weighted by atomic mass is 32.2. The molecule has 0 radical (unpaired) electrons. The van der Waals surface area contributed by atoms with E-state index in [0.717, 1.165) is 30.7 Å². The summed E-state index contributed by atoms with van der Waals surface area (Å²) in [6, 6.07) is 0. The van der Waals surface area contributed by atoms with E-state index < -0.39 is 15.4 Å². The predicted octanol–water partition coefficient (Wildman–Crippen LogP) is 1.30. The van der Waals surface area contributed by atoms with Crippen molar-refractivity contribution in [3.8, 4) is 0 Å². The van der Waals surface area contributed by atoms with Crippen molar-refractivity contribution < 1.29 is 18.9 Å². The van der Waals surface area contributed by atoms with Crippen molar-refractivity contribution in [2.75, 3.05) is 26.2 Å². The molecule has 0 saturated heterocycles. The summed E-state index contributed by atoms with van der Waals surface area (Å²) < 4.78 is 33.1. The lowest BCUT2D eigenvalue weighted by Crippen LogP contribution is -2.49. The molecule has 0 aromatic rings. The molecule has 0 aliphatic rings. The van der Waals surface area contributed by atoms with Crippen LogP contribution in [0.1, 0.15) is 35.5 Å². The molecule has 0 amide bonds. The van der Waals surface area contributed by atoms with Crippen molar-refractivity contribution in [1.29, 1.82) is 0 Å². The second kappa shape index (κ2) is 5.82. The summed E-state index contributed by atoms with van der Waals surface area (Å²) in [5.74, 6) is 0. The molecule has 0 bridgehead atoms. The summed E-state index contributed by atoms with van der Waals surface area (Å²) in [7, 11) is -4.11. The lowest BCUT2D eigenvalue weighted by Gasteiger charge is -2.36. The number of nitrogens with zero attached hydrogens (tertiary/aromatic N) is 1. The van der Waals surface area contributed by atoms with Crippen LogP contribution >= 0.6 is 0 Å². The highest BCUT2D eigenvalue weighted by molar-refractivity contribution is 7.86. The fourth-order valence-corrected chi connectivity index (χ4v) is 2.14. The second-order valence-corrected chi connectivity index (χ2v) is 5.90. The molecule has 5 heteroatoms. The van der Waals surface area contributed by atoms with Crippen molar-refractivity contribution in [1.82, 2.24) is 0 Å². The molecule has 0 aliphatic heterocycles. The van der Waals surface area contributed by atoms with E-state index in [1.165, 1.54) is 6.92 Å². The van der Waals surface area contributed by atoms with Gasteiger partial charge in [0.15, 0.2) is 0 Å². The molecule has 0 N–H and O–H groups in total. The standard InChI is InChI=1S/C10H23NO3S/c1-5-11(6-2,7-3)9-8-10(4)15(12,13)14/h10H,5-9H2,1-4H3/p+1. The van der Waals surface area contributed by atoms with Crippen LogP contribution in [0.5, 0.6) is 0 Å². The number of hydrogen-bond acceptors (Lipinski definition) is 3. The van der Waals surface area contributed by atoms with Crippen LogP contribution in [-0.2, 0) is 10.1 Å². The predicted molar refractivity (Wildman–Crippen MR) is 61.6 cm³/mol. The first kappa shape index (κ1) is 14.9. The Balaban J connectivity index is 0. The molecular formula is C10H24NO3S+. The largest absolute Gasteiger partial charge is 1.00 e. The smallest absolute Gasteiger partial charge is 0.748 e. The van der Waals surface area contributed by atoms with Crippen molar-refractivity contribution >= 4 is 10.1 Å². The Kier molecular flexibility index (Phi) is 5.77.